The van der Waals surface area contributed by atoms with Crippen molar-refractivity contribution in [1.82, 2.24) is 22.5 Å². The SMILES string of the molecule is O=C(Cn1ccc2cc([N+](=O)[O-])ccc21)N1CCN(S(=O)(=O)c2cccc3nsnc23)CC1. The van der Waals surface area contributed by atoms with E-state index in [0.29, 0.717) is 16.4 Å². The Hall–Kier alpha value is -3.42. The predicted molar refractivity (Wildman–Crippen MR) is 121 cm³/mol. The third kappa shape index (κ3) is 3.83. The summed E-state index contributed by atoms with van der Waals surface area (Å²) in [7, 11) is -3.76. The van der Waals surface area contributed by atoms with Gasteiger partial charge in [-0.1, -0.05) is 6.07 Å². The highest BCUT2D eigenvalue weighted by Crippen LogP contribution is 2.26. The van der Waals surface area contributed by atoms with Gasteiger partial charge in [-0.3, -0.25) is 14.9 Å². The number of aromatic nitrogens is 3. The Kier molecular flexibility index (Phi) is 5.31. The predicted octanol–water partition coefficient (Wildman–Crippen LogP) is 2.09. The van der Waals surface area contributed by atoms with Crippen LogP contribution in [0, 0.1) is 10.1 Å². The Morgan fingerprint density at radius 3 is 2.64 bits per heavy atom. The molecule has 170 valence electrons. The minimum atomic E-state index is -3.76. The van der Waals surface area contributed by atoms with E-state index in [1.165, 1.54) is 22.5 Å². The standard InChI is InChI=1S/C20H18N6O5S2/c27-19(13-24-7-6-14-12-15(26(28)29)4-5-17(14)24)23-8-10-25(11-9-23)33(30,31)18-3-1-2-16-20(18)22-32-21-16/h1-7,12H,8-11,13H2. The van der Waals surface area contributed by atoms with Crippen molar-refractivity contribution < 1.29 is 18.1 Å². The highest BCUT2D eigenvalue weighted by atomic mass is 32.2. The zero-order chi connectivity index (χ0) is 23.2. The van der Waals surface area contributed by atoms with Crippen molar-refractivity contribution in [2.75, 3.05) is 26.2 Å². The van der Waals surface area contributed by atoms with Crippen LogP contribution >= 0.6 is 11.7 Å². The highest BCUT2D eigenvalue weighted by Gasteiger charge is 2.32. The number of non-ortho nitro benzene ring substituents is 1. The lowest BCUT2D eigenvalue weighted by atomic mass is 10.2. The van der Waals surface area contributed by atoms with Crippen LogP contribution in [0.1, 0.15) is 0 Å². The van der Waals surface area contributed by atoms with Gasteiger partial charge in [0.05, 0.1) is 16.7 Å². The lowest BCUT2D eigenvalue weighted by Gasteiger charge is -2.34. The maximum absolute atomic E-state index is 13.2. The third-order valence-corrected chi connectivity index (χ3v) is 8.20. The summed E-state index contributed by atoms with van der Waals surface area (Å²) in [6, 6.07) is 11.1. The van der Waals surface area contributed by atoms with Gasteiger partial charge in [0.25, 0.3) is 5.69 Å². The van der Waals surface area contributed by atoms with E-state index in [4.69, 9.17) is 0 Å². The number of piperazine rings is 1. The summed E-state index contributed by atoms with van der Waals surface area (Å²) < 4.78 is 37.7. The number of nitro benzene ring substituents is 1. The molecule has 1 aliphatic heterocycles. The highest BCUT2D eigenvalue weighted by molar-refractivity contribution is 7.89. The van der Waals surface area contributed by atoms with Gasteiger partial charge < -0.3 is 9.47 Å². The number of sulfonamides is 1. The molecule has 5 rings (SSSR count). The normalized spacial score (nSPS) is 15.3. The molecule has 2 aromatic carbocycles. The second-order valence-corrected chi connectivity index (χ2v) is 10.1. The quantitative estimate of drug-likeness (QED) is 0.312. The molecule has 3 heterocycles. The first kappa shape index (κ1) is 21.4. The Bertz CT molecular complexity index is 1490. The zero-order valence-electron chi connectivity index (χ0n) is 17.2. The number of benzene rings is 2. The van der Waals surface area contributed by atoms with Crippen LogP contribution in [-0.2, 0) is 21.4 Å². The fraction of sp³-hybridized carbons (Fsp3) is 0.250. The Morgan fingerprint density at radius 1 is 1.09 bits per heavy atom. The molecule has 0 bridgehead atoms. The number of fused-ring (bicyclic) bond motifs is 2. The largest absolute Gasteiger partial charge is 0.339 e. The molecule has 1 saturated heterocycles. The van der Waals surface area contributed by atoms with Crippen molar-refractivity contribution in [1.29, 1.82) is 0 Å². The molecule has 1 amide bonds. The molecular formula is C20H18N6O5S2. The van der Waals surface area contributed by atoms with Gasteiger partial charge in [0, 0.05) is 55.4 Å². The van der Waals surface area contributed by atoms with Crippen molar-refractivity contribution in [2.45, 2.75) is 11.4 Å². The summed E-state index contributed by atoms with van der Waals surface area (Å²) in [5.41, 5.74) is 1.62. The van der Waals surface area contributed by atoms with Gasteiger partial charge in [-0.05, 0) is 24.3 Å². The molecule has 33 heavy (non-hydrogen) atoms. The fourth-order valence-electron chi connectivity index (χ4n) is 3.99. The molecular weight excluding hydrogens is 468 g/mol. The maximum Gasteiger partial charge on any atom is 0.270 e. The van der Waals surface area contributed by atoms with E-state index in [-0.39, 0.29) is 49.2 Å². The minimum Gasteiger partial charge on any atom is -0.339 e. The number of carbonyl (C=O) groups is 1. The van der Waals surface area contributed by atoms with Crippen LogP contribution in [0.2, 0.25) is 0 Å². The van der Waals surface area contributed by atoms with E-state index >= 15 is 0 Å². The van der Waals surface area contributed by atoms with Crippen LogP contribution in [-0.4, -0.2) is 67.9 Å². The van der Waals surface area contributed by atoms with E-state index in [1.807, 2.05) is 0 Å². The van der Waals surface area contributed by atoms with Crippen LogP contribution in [0.15, 0.2) is 53.6 Å². The molecule has 2 aromatic heterocycles. The number of nitro groups is 1. The van der Waals surface area contributed by atoms with Crippen LogP contribution in [0.5, 0.6) is 0 Å². The fourth-order valence-corrected chi connectivity index (χ4v) is 6.17. The Morgan fingerprint density at radius 2 is 1.88 bits per heavy atom. The van der Waals surface area contributed by atoms with E-state index in [0.717, 1.165) is 17.2 Å². The van der Waals surface area contributed by atoms with E-state index < -0.39 is 14.9 Å². The van der Waals surface area contributed by atoms with Crippen molar-refractivity contribution in [2.24, 2.45) is 0 Å². The molecule has 4 aromatic rings. The summed E-state index contributed by atoms with van der Waals surface area (Å²) >= 11 is 0.967. The summed E-state index contributed by atoms with van der Waals surface area (Å²) in [6.07, 6.45) is 1.72. The molecule has 11 nitrogen and oxygen atoms in total. The molecule has 0 aliphatic carbocycles. The molecule has 1 fully saturated rings. The first-order valence-electron chi connectivity index (χ1n) is 10.1. The first-order chi connectivity index (χ1) is 15.8. The van der Waals surface area contributed by atoms with Gasteiger partial charge in [-0.2, -0.15) is 13.1 Å². The van der Waals surface area contributed by atoms with Gasteiger partial charge in [0.1, 0.15) is 22.5 Å². The number of amides is 1. The number of hydrogen-bond donors (Lipinski definition) is 0. The van der Waals surface area contributed by atoms with E-state index in [2.05, 4.69) is 8.75 Å². The molecule has 0 N–H and O–H groups in total. The van der Waals surface area contributed by atoms with Crippen LogP contribution in [0.25, 0.3) is 21.9 Å². The lowest BCUT2D eigenvalue weighted by molar-refractivity contribution is -0.384. The molecule has 13 heteroatoms. The molecule has 0 saturated carbocycles. The summed E-state index contributed by atoms with van der Waals surface area (Å²) in [5, 5.41) is 11.6. The van der Waals surface area contributed by atoms with Crippen LogP contribution in [0.4, 0.5) is 5.69 Å². The Labute approximate surface area is 192 Å². The number of rotatable bonds is 5. The molecule has 1 aliphatic rings. The first-order valence-corrected chi connectivity index (χ1v) is 12.2. The topological polar surface area (TPSA) is 132 Å². The summed E-state index contributed by atoms with van der Waals surface area (Å²) in [6.45, 7) is 0.973. The van der Waals surface area contributed by atoms with Crippen LogP contribution in [0.3, 0.4) is 0 Å². The molecule has 0 unspecified atom stereocenters. The van der Waals surface area contributed by atoms with Crippen molar-refractivity contribution in [3.05, 3.63) is 58.8 Å². The average molecular weight is 487 g/mol. The lowest BCUT2D eigenvalue weighted by Crippen LogP contribution is -2.51. The number of nitrogens with zero attached hydrogens (tertiary/aromatic N) is 6. The van der Waals surface area contributed by atoms with Crippen molar-refractivity contribution in [3.63, 3.8) is 0 Å². The van der Waals surface area contributed by atoms with Gasteiger partial charge in [-0.15, -0.1) is 0 Å². The van der Waals surface area contributed by atoms with Gasteiger partial charge in [-0.25, -0.2) is 8.42 Å². The molecule has 0 radical (unpaired) electrons. The van der Waals surface area contributed by atoms with Crippen molar-refractivity contribution >= 4 is 55.3 Å². The van der Waals surface area contributed by atoms with Crippen molar-refractivity contribution in [3.8, 4) is 0 Å². The second kappa shape index (κ2) is 8.17. The molecule has 0 atom stereocenters. The Balaban J connectivity index is 1.27. The van der Waals surface area contributed by atoms with E-state index in [9.17, 15) is 23.3 Å². The molecule has 0 spiro atoms. The second-order valence-electron chi connectivity index (χ2n) is 7.62. The monoisotopic (exact) mass is 486 g/mol. The minimum absolute atomic E-state index is 0.00645. The van der Waals surface area contributed by atoms with Crippen LogP contribution < -0.4 is 0 Å². The number of hydrogen-bond acceptors (Lipinski definition) is 8. The summed E-state index contributed by atoms with van der Waals surface area (Å²) in [4.78, 5) is 25.1. The average Bonchev–Trinajstić information content (AvgIpc) is 3.45. The smallest absolute Gasteiger partial charge is 0.270 e. The maximum atomic E-state index is 13.2. The zero-order valence-corrected chi connectivity index (χ0v) is 18.8. The van der Waals surface area contributed by atoms with Gasteiger partial charge in [0.2, 0.25) is 15.9 Å². The third-order valence-electron chi connectivity index (χ3n) is 5.73. The van der Waals surface area contributed by atoms with E-state index in [1.54, 1.807) is 39.9 Å². The van der Waals surface area contributed by atoms with Gasteiger partial charge >= 0.3 is 0 Å². The summed E-state index contributed by atoms with van der Waals surface area (Å²) in [5.74, 6) is -0.145. The number of carbonyl (C=O) groups excluding carboxylic acids is 1. The van der Waals surface area contributed by atoms with Gasteiger partial charge in [0.15, 0.2) is 0 Å².